The number of aliphatic hydroxyl groups is 1. The Labute approximate surface area is 129 Å². The predicted octanol–water partition coefficient (Wildman–Crippen LogP) is 1.58. The number of hydrogen-bond donors (Lipinski definition) is 1. The summed E-state index contributed by atoms with van der Waals surface area (Å²) in [5.74, 6) is -0.824. The van der Waals surface area contributed by atoms with Crippen molar-refractivity contribution in [2.75, 3.05) is 26.8 Å². The van der Waals surface area contributed by atoms with Gasteiger partial charge in [0.2, 0.25) is 0 Å². The number of carbonyl (C=O) groups is 1. The average molecular weight is 311 g/mol. The molecule has 0 aliphatic carbocycles. The molecule has 2 rings (SSSR count). The van der Waals surface area contributed by atoms with Gasteiger partial charge in [-0.3, -0.25) is 4.79 Å². The van der Waals surface area contributed by atoms with Crippen LogP contribution < -0.4 is 0 Å². The zero-order chi connectivity index (χ0) is 16.3. The predicted molar refractivity (Wildman–Crippen MR) is 79.1 cm³/mol. The van der Waals surface area contributed by atoms with Crippen LogP contribution in [0.3, 0.4) is 0 Å². The highest BCUT2D eigenvalue weighted by atomic mass is 19.1. The van der Waals surface area contributed by atoms with Gasteiger partial charge in [-0.2, -0.15) is 0 Å². The van der Waals surface area contributed by atoms with Gasteiger partial charge >= 0.3 is 0 Å². The van der Waals surface area contributed by atoms with E-state index >= 15 is 0 Å². The minimum absolute atomic E-state index is 0.177. The molecular weight excluding hydrogens is 289 g/mol. The Kier molecular flexibility index (Phi) is 5.16. The lowest BCUT2D eigenvalue weighted by molar-refractivity contribution is -0.143. The lowest BCUT2D eigenvalue weighted by atomic mass is 10.0. The molecule has 6 heteroatoms. The third-order valence-corrected chi connectivity index (χ3v) is 3.59. The molecular formula is C16H22FNO4. The average Bonchev–Trinajstić information content (AvgIpc) is 2.45. The molecule has 1 amide bonds. The third kappa shape index (κ3) is 3.82. The van der Waals surface area contributed by atoms with Gasteiger partial charge in [-0.05, 0) is 26.0 Å². The molecule has 0 aromatic heterocycles. The van der Waals surface area contributed by atoms with Gasteiger partial charge in [-0.25, -0.2) is 4.39 Å². The fourth-order valence-corrected chi connectivity index (χ4v) is 2.71. The number of morpholine rings is 1. The van der Waals surface area contributed by atoms with E-state index in [0.717, 1.165) is 0 Å². The number of halogens is 1. The molecule has 0 saturated carbocycles. The molecule has 1 heterocycles. The molecule has 1 N–H and O–H groups in total. The number of hydrogen-bond acceptors (Lipinski definition) is 4. The molecule has 0 unspecified atom stereocenters. The number of aliphatic hydroxyl groups excluding tert-OH is 1. The van der Waals surface area contributed by atoms with Crippen molar-refractivity contribution in [2.45, 2.75) is 32.2 Å². The van der Waals surface area contributed by atoms with E-state index in [-0.39, 0.29) is 29.7 Å². The van der Waals surface area contributed by atoms with Gasteiger partial charge in [0, 0.05) is 31.3 Å². The van der Waals surface area contributed by atoms with Crippen LogP contribution >= 0.6 is 0 Å². The molecule has 1 fully saturated rings. The first-order valence-electron chi connectivity index (χ1n) is 7.21. The van der Waals surface area contributed by atoms with Crippen molar-refractivity contribution in [1.82, 2.24) is 4.90 Å². The van der Waals surface area contributed by atoms with Crippen LogP contribution in [0.15, 0.2) is 18.2 Å². The molecule has 122 valence electrons. The Morgan fingerprint density at radius 3 is 2.86 bits per heavy atom. The quantitative estimate of drug-likeness (QED) is 0.917. The fraction of sp³-hybridized carbons (Fsp3) is 0.562. The first kappa shape index (κ1) is 16.9. The maximum Gasteiger partial charge on any atom is 0.254 e. The highest BCUT2D eigenvalue weighted by molar-refractivity contribution is 5.94. The van der Waals surface area contributed by atoms with Crippen LogP contribution in [0.1, 0.15) is 29.8 Å². The minimum atomic E-state index is -0.575. The maximum atomic E-state index is 13.8. The Bertz CT molecular complexity index is 547. The second kappa shape index (κ2) is 6.73. The second-order valence-corrected chi connectivity index (χ2v) is 6.10. The van der Waals surface area contributed by atoms with Crippen molar-refractivity contribution < 1.29 is 23.8 Å². The van der Waals surface area contributed by atoms with Crippen LogP contribution in [0.4, 0.5) is 4.39 Å². The van der Waals surface area contributed by atoms with Crippen LogP contribution in [0.2, 0.25) is 0 Å². The molecule has 22 heavy (non-hydrogen) atoms. The fourth-order valence-electron chi connectivity index (χ4n) is 2.71. The Morgan fingerprint density at radius 2 is 2.27 bits per heavy atom. The SMILES string of the molecule is COC[C@@H]1CN(C(=O)c2ccc(CO)c(F)c2)CC(C)(C)O1. The van der Waals surface area contributed by atoms with E-state index in [2.05, 4.69) is 0 Å². The summed E-state index contributed by atoms with van der Waals surface area (Å²) in [4.78, 5) is 14.2. The van der Waals surface area contributed by atoms with Gasteiger partial charge in [0.25, 0.3) is 5.91 Å². The number of benzene rings is 1. The van der Waals surface area contributed by atoms with Gasteiger partial charge in [-0.1, -0.05) is 6.07 Å². The number of methoxy groups -OCH3 is 1. The smallest absolute Gasteiger partial charge is 0.254 e. The number of amides is 1. The third-order valence-electron chi connectivity index (χ3n) is 3.59. The van der Waals surface area contributed by atoms with E-state index in [1.165, 1.54) is 18.2 Å². The molecule has 1 aliphatic heterocycles. The molecule has 1 saturated heterocycles. The highest BCUT2D eigenvalue weighted by Crippen LogP contribution is 2.23. The molecule has 0 spiro atoms. The van der Waals surface area contributed by atoms with E-state index in [1.54, 1.807) is 12.0 Å². The molecule has 1 aromatic carbocycles. The Morgan fingerprint density at radius 1 is 1.55 bits per heavy atom. The summed E-state index contributed by atoms with van der Waals surface area (Å²) in [6.45, 7) is 4.65. The molecule has 5 nitrogen and oxygen atoms in total. The van der Waals surface area contributed by atoms with E-state index in [1.807, 2.05) is 13.8 Å². The van der Waals surface area contributed by atoms with Gasteiger partial charge in [0.05, 0.1) is 24.9 Å². The van der Waals surface area contributed by atoms with Gasteiger partial charge < -0.3 is 19.5 Å². The zero-order valence-corrected chi connectivity index (χ0v) is 13.1. The number of carbonyl (C=O) groups excluding carboxylic acids is 1. The van der Waals surface area contributed by atoms with Gasteiger partial charge in [0.15, 0.2) is 0 Å². The topological polar surface area (TPSA) is 59.0 Å². The first-order chi connectivity index (χ1) is 10.4. The number of rotatable bonds is 4. The van der Waals surface area contributed by atoms with Crippen molar-refractivity contribution in [2.24, 2.45) is 0 Å². The minimum Gasteiger partial charge on any atom is -0.392 e. The summed E-state index contributed by atoms with van der Waals surface area (Å²) in [5.41, 5.74) is -0.0413. The Hall–Kier alpha value is -1.50. The lowest BCUT2D eigenvalue weighted by Gasteiger charge is -2.42. The maximum absolute atomic E-state index is 13.8. The summed E-state index contributed by atoms with van der Waals surface area (Å²) >= 11 is 0. The normalized spacial score (nSPS) is 21.0. The summed E-state index contributed by atoms with van der Waals surface area (Å²) in [7, 11) is 1.58. The van der Waals surface area contributed by atoms with E-state index < -0.39 is 11.4 Å². The van der Waals surface area contributed by atoms with E-state index in [4.69, 9.17) is 14.6 Å². The van der Waals surface area contributed by atoms with Crippen LogP contribution in [0.5, 0.6) is 0 Å². The summed E-state index contributed by atoms with van der Waals surface area (Å²) in [5, 5.41) is 8.99. The lowest BCUT2D eigenvalue weighted by Crippen LogP contribution is -2.55. The molecule has 0 radical (unpaired) electrons. The second-order valence-electron chi connectivity index (χ2n) is 6.10. The van der Waals surface area contributed by atoms with E-state index in [9.17, 15) is 9.18 Å². The molecule has 1 aromatic rings. The van der Waals surface area contributed by atoms with E-state index in [0.29, 0.717) is 19.7 Å². The van der Waals surface area contributed by atoms with Gasteiger partial charge in [0.1, 0.15) is 5.82 Å². The highest BCUT2D eigenvalue weighted by Gasteiger charge is 2.36. The van der Waals surface area contributed by atoms with Crippen molar-refractivity contribution in [3.05, 3.63) is 35.1 Å². The van der Waals surface area contributed by atoms with Crippen molar-refractivity contribution in [3.8, 4) is 0 Å². The standard InChI is InChI=1S/C16H22FNO4/c1-16(2)10-18(7-13(22-16)9-21-3)15(20)11-4-5-12(8-19)14(17)6-11/h4-6,13,19H,7-10H2,1-3H3/t13-/m0/s1. The Balaban J connectivity index is 2.18. The number of ether oxygens (including phenoxy) is 2. The largest absolute Gasteiger partial charge is 0.392 e. The zero-order valence-electron chi connectivity index (χ0n) is 13.1. The molecule has 1 atom stereocenters. The first-order valence-corrected chi connectivity index (χ1v) is 7.21. The summed E-state index contributed by atoms with van der Waals surface area (Å²) in [6.07, 6.45) is -0.209. The van der Waals surface area contributed by atoms with Crippen molar-refractivity contribution in [1.29, 1.82) is 0 Å². The number of nitrogens with zero attached hydrogens (tertiary/aromatic N) is 1. The molecule has 0 bridgehead atoms. The van der Waals surface area contributed by atoms with Crippen LogP contribution in [0.25, 0.3) is 0 Å². The van der Waals surface area contributed by atoms with Crippen LogP contribution in [-0.4, -0.2) is 54.4 Å². The molecule has 1 aliphatic rings. The van der Waals surface area contributed by atoms with Crippen molar-refractivity contribution in [3.63, 3.8) is 0 Å². The van der Waals surface area contributed by atoms with Crippen LogP contribution in [0, 0.1) is 5.82 Å². The van der Waals surface area contributed by atoms with Crippen molar-refractivity contribution >= 4 is 5.91 Å². The summed E-state index contributed by atoms with van der Waals surface area (Å²) < 4.78 is 24.7. The van der Waals surface area contributed by atoms with Gasteiger partial charge in [-0.15, -0.1) is 0 Å². The monoisotopic (exact) mass is 311 g/mol. The summed E-state index contributed by atoms with van der Waals surface area (Å²) in [6, 6.07) is 4.13. The van der Waals surface area contributed by atoms with Crippen LogP contribution in [-0.2, 0) is 16.1 Å².